The number of ether oxygens (including phenoxy) is 1. The minimum Gasteiger partial charge on any atom is -0.469 e. The van der Waals surface area contributed by atoms with Gasteiger partial charge in [-0.1, -0.05) is 26.7 Å². The number of nitriles is 1. The summed E-state index contributed by atoms with van der Waals surface area (Å²) in [7, 11) is 1.49. The zero-order valence-electron chi connectivity index (χ0n) is 18.2. The Morgan fingerprint density at radius 1 is 1.11 bits per heavy atom. The number of carbonyl (C=O) groups is 1. The highest BCUT2D eigenvalue weighted by Crippen LogP contribution is 2.68. The van der Waals surface area contributed by atoms with Gasteiger partial charge in [0, 0.05) is 6.42 Å². The maximum Gasteiger partial charge on any atom is 0.305 e. The number of nitrogens with zero attached hydrogens (tertiary/aromatic N) is 1. The van der Waals surface area contributed by atoms with Crippen LogP contribution < -0.4 is 0 Å². The van der Waals surface area contributed by atoms with Crippen LogP contribution in [-0.2, 0) is 9.53 Å². The van der Waals surface area contributed by atoms with Crippen LogP contribution in [0, 0.1) is 57.7 Å². The third-order valence-corrected chi connectivity index (χ3v) is 10.1. The van der Waals surface area contributed by atoms with E-state index in [9.17, 15) is 10.1 Å². The Kier molecular flexibility index (Phi) is 5.54. The Bertz CT molecular complexity index is 639. The van der Waals surface area contributed by atoms with Gasteiger partial charge < -0.3 is 4.74 Å². The van der Waals surface area contributed by atoms with Gasteiger partial charge in [0.05, 0.1) is 18.6 Å². The molecular weight excluding hydrogens is 346 g/mol. The quantitative estimate of drug-likeness (QED) is 0.547. The number of carbonyl (C=O) groups excluding carboxylic acids is 1. The molecule has 0 radical (unpaired) electrons. The molecule has 0 spiro atoms. The minimum absolute atomic E-state index is 0.00289. The first-order valence-electron chi connectivity index (χ1n) is 11.9. The van der Waals surface area contributed by atoms with Crippen molar-refractivity contribution in [1.82, 2.24) is 0 Å². The smallest absolute Gasteiger partial charge is 0.305 e. The van der Waals surface area contributed by atoms with Gasteiger partial charge in [-0.3, -0.25) is 4.79 Å². The summed E-state index contributed by atoms with van der Waals surface area (Å²) >= 11 is 0. The van der Waals surface area contributed by atoms with Gasteiger partial charge in [-0.2, -0.15) is 5.26 Å². The van der Waals surface area contributed by atoms with Gasteiger partial charge in [0.25, 0.3) is 0 Å². The number of esters is 1. The SMILES string of the molecule is COC(=O)CCC(C)C1CCC2C3CCC4CCCCC4(C#N)C3CCC12C. The van der Waals surface area contributed by atoms with Crippen molar-refractivity contribution < 1.29 is 9.53 Å². The molecule has 4 fully saturated rings. The van der Waals surface area contributed by atoms with Crippen molar-refractivity contribution >= 4 is 5.97 Å². The van der Waals surface area contributed by atoms with Gasteiger partial charge in [0.15, 0.2) is 0 Å². The van der Waals surface area contributed by atoms with Crippen LogP contribution in [0.2, 0.25) is 0 Å². The lowest BCUT2D eigenvalue weighted by Gasteiger charge is -2.59. The number of hydrogen-bond donors (Lipinski definition) is 0. The first-order chi connectivity index (χ1) is 13.5. The zero-order chi connectivity index (χ0) is 19.9. The molecule has 8 unspecified atom stereocenters. The van der Waals surface area contributed by atoms with Crippen molar-refractivity contribution in [3.8, 4) is 6.07 Å². The lowest BCUT2D eigenvalue weighted by molar-refractivity contribution is -0.141. The maximum absolute atomic E-state index is 11.6. The van der Waals surface area contributed by atoms with E-state index in [4.69, 9.17) is 4.74 Å². The molecule has 0 aliphatic heterocycles. The summed E-state index contributed by atoms with van der Waals surface area (Å²) < 4.78 is 4.87. The Hall–Kier alpha value is -1.04. The van der Waals surface area contributed by atoms with Crippen LogP contribution in [0.1, 0.15) is 90.9 Å². The summed E-state index contributed by atoms with van der Waals surface area (Å²) in [6.07, 6.45) is 14.5. The molecule has 0 heterocycles. The third kappa shape index (κ3) is 3.01. The Morgan fingerprint density at radius 2 is 1.93 bits per heavy atom. The topological polar surface area (TPSA) is 50.1 Å². The van der Waals surface area contributed by atoms with E-state index in [0.717, 1.165) is 30.6 Å². The predicted octanol–water partition coefficient (Wildman–Crippen LogP) is 6.13. The Morgan fingerprint density at radius 3 is 2.68 bits per heavy atom. The molecule has 3 heteroatoms. The lowest BCUT2D eigenvalue weighted by Crippen LogP contribution is -2.53. The second-order valence-electron chi connectivity index (χ2n) is 10.9. The van der Waals surface area contributed by atoms with E-state index >= 15 is 0 Å². The number of fused-ring (bicyclic) bond motifs is 5. The number of rotatable bonds is 4. The Balaban J connectivity index is 1.52. The van der Waals surface area contributed by atoms with Gasteiger partial charge in [-0.25, -0.2) is 0 Å². The van der Waals surface area contributed by atoms with E-state index in [2.05, 4.69) is 19.9 Å². The molecular formula is C25H39NO2. The third-order valence-electron chi connectivity index (χ3n) is 10.1. The molecule has 28 heavy (non-hydrogen) atoms. The molecule has 0 bridgehead atoms. The zero-order valence-corrected chi connectivity index (χ0v) is 18.2. The fraction of sp³-hybridized carbons (Fsp3) is 0.920. The normalized spacial score (nSPS) is 45.9. The van der Waals surface area contributed by atoms with Gasteiger partial charge in [-0.15, -0.1) is 0 Å². The van der Waals surface area contributed by atoms with E-state index in [1.807, 2.05) is 0 Å². The summed E-state index contributed by atoms with van der Waals surface area (Å²) in [5.41, 5.74) is 0.409. The van der Waals surface area contributed by atoms with Crippen molar-refractivity contribution in [3.05, 3.63) is 0 Å². The van der Waals surface area contributed by atoms with E-state index < -0.39 is 0 Å². The minimum atomic E-state index is -0.0677. The van der Waals surface area contributed by atoms with Crippen LogP contribution in [0.15, 0.2) is 0 Å². The van der Waals surface area contributed by atoms with Crippen molar-refractivity contribution in [1.29, 1.82) is 5.26 Å². The molecule has 4 aliphatic carbocycles. The second-order valence-corrected chi connectivity index (χ2v) is 10.9. The summed E-state index contributed by atoms with van der Waals surface area (Å²) in [5, 5.41) is 10.3. The van der Waals surface area contributed by atoms with Crippen molar-refractivity contribution in [2.75, 3.05) is 7.11 Å². The molecule has 0 aromatic rings. The second kappa shape index (κ2) is 7.66. The van der Waals surface area contributed by atoms with Crippen molar-refractivity contribution in [3.63, 3.8) is 0 Å². The number of methoxy groups -OCH3 is 1. The van der Waals surface area contributed by atoms with E-state index in [0.29, 0.717) is 29.6 Å². The first-order valence-corrected chi connectivity index (χ1v) is 11.9. The largest absolute Gasteiger partial charge is 0.469 e. The highest BCUT2D eigenvalue weighted by atomic mass is 16.5. The molecule has 4 aliphatic rings. The monoisotopic (exact) mass is 385 g/mol. The van der Waals surface area contributed by atoms with Crippen LogP contribution in [0.3, 0.4) is 0 Å². The van der Waals surface area contributed by atoms with Crippen LogP contribution in [0.4, 0.5) is 0 Å². The van der Waals surface area contributed by atoms with Crippen LogP contribution in [0.25, 0.3) is 0 Å². The van der Waals surface area contributed by atoms with Crippen molar-refractivity contribution in [2.24, 2.45) is 46.3 Å². The van der Waals surface area contributed by atoms with Crippen LogP contribution in [0.5, 0.6) is 0 Å². The van der Waals surface area contributed by atoms with Crippen molar-refractivity contribution in [2.45, 2.75) is 90.9 Å². The highest BCUT2D eigenvalue weighted by molar-refractivity contribution is 5.69. The summed E-state index contributed by atoms with van der Waals surface area (Å²) in [4.78, 5) is 11.6. The molecule has 4 rings (SSSR count). The molecule has 0 aromatic heterocycles. The summed E-state index contributed by atoms with van der Waals surface area (Å²) in [5.74, 6) is 4.14. The van der Waals surface area contributed by atoms with Gasteiger partial charge in [0.1, 0.15) is 0 Å². The molecule has 0 aromatic carbocycles. The van der Waals surface area contributed by atoms with E-state index in [1.165, 1.54) is 64.9 Å². The van der Waals surface area contributed by atoms with Gasteiger partial charge in [-0.05, 0) is 98.7 Å². The highest BCUT2D eigenvalue weighted by Gasteiger charge is 2.61. The molecule has 0 saturated heterocycles. The van der Waals surface area contributed by atoms with Crippen LogP contribution in [-0.4, -0.2) is 13.1 Å². The summed E-state index contributed by atoms with van der Waals surface area (Å²) in [6, 6.07) is 2.93. The first kappa shape index (κ1) is 20.2. The lowest BCUT2D eigenvalue weighted by atomic mass is 9.44. The average molecular weight is 386 g/mol. The number of hydrogen-bond acceptors (Lipinski definition) is 3. The van der Waals surface area contributed by atoms with Gasteiger partial charge >= 0.3 is 5.97 Å². The molecule has 156 valence electrons. The molecule has 4 saturated carbocycles. The Labute approximate surface area is 171 Å². The molecule has 3 nitrogen and oxygen atoms in total. The average Bonchev–Trinajstić information content (AvgIpc) is 3.08. The van der Waals surface area contributed by atoms with E-state index in [1.54, 1.807) is 0 Å². The summed E-state index contributed by atoms with van der Waals surface area (Å²) in [6.45, 7) is 4.92. The fourth-order valence-corrected chi connectivity index (χ4v) is 8.74. The molecule has 0 N–H and O–H groups in total. The molecule has 0 amide bonds. The standard InChI is InChI=1S/C25H39NO2/c1-17(7-12-23(27)28-3)20-10-11-21-19-9-8-18-6-4-5-14-25(18,16-26)22(19)13-15-24(20,21)2/h17-22H,4-15H2,1-3H3. The molecule has 8 atom stereocenters. The maximum atomic E-state index is 11.6. The fourth-order valence-electron chi connectivity index (χ4n) is 8.74. The van der Waals surface area contributed by atoms with Gasteiger partial charge in [0.2, 0.25) is 0 Å². The van der Waals surface area contributed by atoms with Crippen LogP contribution >= 0.6 is 0 Å². The predicted molar refractivity (Wildman–Crippen MR) is 110 cm³/mol. The van der Waals surface area contributed by atoms with E-state index in [-0.39, 0.29) is 11.4 Å².